The lowest BCUT2D eigenvalue weighted by Gasteiger charge is -2.34. The van der Waals surface area contributed by atoms with Gasteiger partial charge in [0.15, 0.2) is 0 Å². The first kappa shape index (κ1) is 17.1. The highest BCUT2D eigenvalue weighted by Gasteiger charge is 2.20. The SMILES string of the molecule is O=C(CCc1cccs1)N1CCN(CCc2ccccc2F)CC1. The highest BCUT2D eigenvalue weighted by Crippen LogP contribution is 2.13. The van der Waals surface area contributed by atoms with Crippen molar-refractivity contribution in [2.75, 3.05) is 32.7 Å². The maximum Gasteiger partial charge on any atom is 0.223 e. The number of thiophene rings is 1. The Kier molecular flexibility index (Phi) is 5.99. The maximum absolute atomic E-state index is 13.6. The van der Waals surface area contributed by atoms with Crippen LogP contribution in [0.5, 0.6) is 0 Å². The van der Waals surface area contributed by atoms with Crippen molar-refractivity contribution in [3.63, 3.8) is 0 Å². The van der Waals surface area contributed by atoms with Crippen LogP contribution in [-0.2, 0) is 17.6 Å². The van der Waals surface area contributed by atoms with Crippen molar-refractivity contribution in [2.45, 2.75) is 19.3 Å². The van der Waals surface area contributed by atoms with Gasteiger partial charge in [-0.2, -0.15) is 0 Å². The van der Waals surface area contributed by atoms with Crippen molar-refractivity contribution in [2.24, 2.45) is 0 Å². The average molecular weight is 346 g/mol. The third-order valence-corrected chi connectivity index (χ3v) is 5.48. The monoisotopic (exact) mass is 346 g/mol. The number of halogens is 1. The first-order chi connectivity index (χ1) is 11.7. The summed E-state index contributed by atoms with van der Waals surface area (Å²) in [6.07, 6.45) is 2.15. The largest absolute Gasteiger partial charge is 0.340 e. The molecule has 1 aromatic carbocycles. The Morgan fingerprint density at radius 2 is 1.83 bits per heavy atom. The summed E-state index contributed by atoms with van der Waals surface area (Å²) in [6.45, 7) is 4.15. The predicted octanol–water partition coefficient (Wildman–Crippen LogP) is 3.21. The van der Waals surface area contributed by atoms with Gasteiger partial charge in [-0.15, -0.1) is 11.3 Å². The molecule has 0 aliphatic carbocycles. The van der Waals surface area contributed by atoms with E-state index in [1.165, 1.54) is 10.9 Å². The Morgan fingerprint density at radius 1 is 1.04 bits per heavy atom. The molecule has 0 saturated carbocycles. The summed E-state index contributed by atoms with van der Waals surface area (Å²) in [7, 11) is 0. The molecule has 1 aliphatic heterocycles. The summed E-state index contributed by atoms with van der Waals surface area (Å²) >= 11 is 1.71. The van der Waals surface area contributed by atoms with E-state index in [4.69, 9.17) is 0 Å². The van der Waals surface area contributed by atoms with Crippen molar-refractivity contribution in [3.8, 4) is 0 Å². The summed E-state index contributed by atoms with van der Waals surface area (Å²) in [6, 6.07) is 11.1. The van der Waals surface area contributed by atoms with Crippen molar-refractivity contribution < 1.29 is 9.18 Å². The Labute approximate surface area is 146 Å². The predicted molar refractivity (Wildman–Crippen MR) is 95.8 cm³/mol. The van der Waals surface area contributed by atoms with Crippen LogP contribution >= 0.6 is 11.3 Å². The molecule has 128 valence electrons. The van der Waals surface area contributed by atoms with Crippen molar-refractivity contribution in [1.29, 1.82) is 0 Å². The van der Waals surface area contributed by atoms with Crippen molar-refractivity contribution in [3.05, 3.63) is 58.0 Å². The molecule has 0 radical (unpaired) electrons. The van der Waals surface area contributed by atoms with Crippen LogP contribution in [0.2, 0.25) is 0 Å². The highest BCUT2D eigenvalue weighted by molar-refractivity contribution is 7.09. The summed E-state index contributed by atoms with van der Waals surface area (Å²) in [5, 5.41) is 2.05. The van der Waals surface area contributed by atoms with E-state index in [9.17, 15) is 9.18 Å². The van der Waals surface area contributed by atoms with Gasteiger partial charge in [-0.3, -0.25) is 9.69 Å². The van der Waals surface area contributed by atoms with Crippen LogP contribution in [0, 0.1) is 5.82 Å². The van der Waals surface area contributed by atoms with Gasteiger partial charge in [-0.1, -0.05) is 24.3 Å². The smallest absolute Gasteiger partial charge is 0.223 e. The van der Waals surface area contributed by atoms with Gasteiger partial charge >= 0.3 is 0 Å². The third-order valence-electron chi connectivity index (χ3n) is 4.55. The van der Waals surface area contributed by atoms with Gasteiger partial charge in [-0.05, 0) is 35.9 Å². The summed E-state index contributed by atoms with van der Waals surface area (Å²) in [5.74, 6) is 0.122. The van der Waals surface area contributed by atoms with Gasteiger partial charge < -0.3 is 4.90 Å². The zero-order valence-electron chi connectivity index (χ0n) is 13.8. The van der Waals surface area contributed by atoms with Crippen LogP contribution < -0.4 is 0 Å². The highest BCUT2D eigenvalue weighted by atomic mass is 32.1. The van der Waals surface area contributed by atoms with E-state index in [0.29, 0.717) is 6.42 Å². The molecule has 24 heavy (non-hydrogen) atoms. The molecule has 2 aromatic rings. The number of hydrogen-bond acceptors (Lipinski definition) is 3. The zero-order valence-corrected chi connectivity index (χ0v) is 14.6. The zero-order chi connectivity index (χ0) is 16.8. The van der Waals surface area contributed by atoms with E-state index in [0.717, 1.165) is 51.1 Å². The molecule has 5 heteroatoms. The van der Waals surface area contributed by atoms with Crippen LogP contribution in [0.15, 0.2) is 41.8 Å². The molecule has 3 nitrogen and oxygen atoms in total. The van der Waals surface area contributed by atoms with Crippen LogP contribution in [0.1, 0.15) is 16.9 Å². The Hall–Kier alpha value is -1.72. The molecule has 0 atom stereocenters. The molecule has 0 bridgehead atoms. The summed E-state index contributed by atoms with van der Waals surface area (Å²) < 4.78 is 13.6. The van der Waals surface area contributed by atoms with Crippen LogP contribution in [-0.4, -0.2) is 48.4 Å². The maximum atomic E-state index is 13.6. The number of aryl methyl sites for hydroxylation is 1. The minimum Gasteiger partial charge on any atom is -0.340 e. The number of amides is 1. The fourth-order valence-corrected chi connectivity index (χ4v) is 3.75. The topological polar surface area (TPSA) is 23.6 Å². The van der Waals surface area contributed by atoms with E-state index >= 15 is 0 Å². The van der Waals surface area contributed by atoms with Crippen molar-refractivity contribution in [1.82, 2.24) is 9.80 Å². The van der Waals surface area contributed by atoms with Crippen LogP contribution in [0.3, 0.4) is 0 Å². The van der Waals surface area contributed by atoms with E-state index in [-0.39, 0.29) is 11.7 Å². The normalized spacial score (nSPS) is 15.6. The van der Waals surface area contributed by atoms with E-state index in [2.05, 4.69) is 11.0 Å². The van der Waals surface area contributed by atoms with Gasteiger partial charge in [-0.25, -0.2) is 4.39 Å². The van der Waals surface area contributed by atoms with E-state index in [1.807, 2.05) is 28.5 Å². The number of carbonyl (C=O) groups is 1. The second kappa shape index (κ2) is 8.40. The minimum absolute atomic E-state index is 0.125. The number of benzene rings is 1. The Balaban J connectivity index is 1.39. The van der Waals surface area contributed by atoms with E-state index in [1.54, 1.807) is 17.4 Å². The fourth-order valence-electron chi connectivity index (χ4n) is 3.04. The third kappa shape index (κ3) is 4.65. The van der Waals surface area contributed by atoms with Crippen LogP contribution in [0.4, 0.5) is 4.39 Å². The molecule has 3 rings (SSSR count). The van der Waals surface area contributed by atoms with Gasteiger partial charge in [0.05, 0.1) is 0 Å². The lowest BCUT2D eigenvalue weighted by Crippen LogP contribution is -2.49. The van der Waals surface area contributed by atoms with Gasteiger partial charge in [0.25, 0.3) is 0 Å². The summed E-state index contributed by atoms with van der Waals surface area (Å²) in [4.78, 5) is 17.8. The van der Waals surface area contributed by atoms with Crippen LogP contribution in [0.25, 0.3) is 0 Å². The number of hydrogen-bond donors (Lipinski definition) is 0. The molecule has 2 heterocycles. The van der Waals surface area contributed by atoms with Gasteiger partial charge in [0, 0.05) is 44.0 Å². The number of carbonyl (C=O) groups excluding carboxylic acids is 1. The minimum atomic E-state index is -0.125. The molecule has 1 fully saturated rings. The second-order valence-electron chi connectivity index (χ2n) is 6.14. The first-order valence-corrected chi connectivity index (χ1v) is 9.36. The molecule has 0 spiro atoms. The van der Waals surface area contributed by atoms with E-state index < -0.39 is 0 Å². The molecule has 0 unspecified atom stereocenters. The Bertz CT molecular complexity index is 651. The lowest BCUT2D eigenvalue weighted by molar-refractivity contribution is -0.132. The molecule has 1 aromatic heterocycles. The molecule has 1 aliphatic rings. The number of piperazine rings is 1. The molecule has 1 saturated heterocycles. The van der Waals surface area contributed by atoms with Gasteiger partial charge in [0.2, 0.25) is 5.91 Å². The average Bonchev–Trinajstić information content (AvgIpc) is 3.13. The quantitative estimate of drug-likeness (QED) is 0.802. The molecular weight excluding hydrogens is 323 g/mol. The second-order valence-corrected chi connectivity index (χ2v) is 7.18. The summed E-state index contributed by atoms with van der Waals surface area (Å²) in [5.41, 5.74) is 0.770. The molecule has 0 N–H and O–H groups in total. The van der Waals surface area contributed by atoms with Gasteiger partial charge in [0.1, 0.15) is 5.82 Å². The lowest BCUT2D eigenvalue weighted by atomic mass is 10.1. The molecule has 1 amide bonds. The Morgan fingerprint density at radius 3 is 2.54 bits per heavy atom. The standard InChI is InChI=1S/C19H23FN2OS/c20-18-6-2-1-4-16(18)9-10-21-11-13-22(14-12-21)19(23)8-7-17-5-3-15-24-17/h1-6,15H,7-14H2. The van der Waals surface area contributed by atoms with Crippen molar-refractivity contribution >= 4 is 17.2 Å². The fraction of sp³-hybridized carbons (Fsp3) is 0.421. The number of nitrogens with zero attached hydrogens (tertiary/aromatic N) is 2. The number of rotatable bonds is 6. The first-order valence-electron chi connectivity index (χ1n) is 8.48. The molecular formula is C19H23FN2OS.